The Morgan fingerprint density at radius 2 is 1.25 bits per heavy atom. The van der Waals surface area contributed by atoms with E-state index >= 15 is 0 Å². The summed E-state index contributed by atoms with van der Waals surface area (Å²) < 4.78 is 0. The first-order chi connectivity index (χ1) is 5.72. The first kappa shape index (κ1) is 17.4. The Kier molecular flexibility index (Phi) is 24.2. The quantitative estimate of drug-likeness (QED) is 0.595. The monoisotopic (exact) mass is 171 g/mol. The van der Waals surface area contributed by atoms with Crippen LogP contribution >= 0.6 is 0 Å². The van der Waals surface area contributed by atoms with E-state index in [0.29, 0.717) is 0 Å². The van der Waals surface area contributed by atoms with Crippen molar-refractivity contribution >= 4 is 0 Å². The largest absolute Gasteiger partial charge is 0.404 e. The van der Waals surface area contributed by atoms with Gasteiger partial charge in [0.15, 0.2) is 0 Å². The average Bonchev–Trinajstić information content (AvgIpc) is 2.21. The number of hydrogen-bond donors (Lipinski definition) is 1. The molecule has 0 bridgehead atoms. The molecule has 0 aromatic rings. The van der Waals surface area contributed by atoms with Crippen LogP contribution in [0.4, 0.5) is 0 Å². The van der Waals surface area contributed by atoms with E-state index in [9.17, 15) is 0 Å². The van der Waals surface area contributed by atoms with Crippen LogP contribution in [0.2, 0.25) is 0 Å². The third kappa shape index (κ3) is 12.0. The number of rotatable bonds is 1. The van der Waals surface area contributed by atoms with Crippen LogP contribution in [-0.2, 0) is 0 Å². The van der Waals surface area contributed by atoms with Gasteiger partial charge >= 0.3 is 0 Å². The van der Waals surface area contributed by atoms with Crippen LogP contribution in [-0.4, -0.2) is 0 Å². The third-order valence-corrected chi connectivity index (χ3v) is 1.31. The molecule has 0 atom stereocenters. The van der Waals surface area contributed by atoms with Crippen molar-refractivity contribution in [3.8, 4) is 0 Å². The molecule has 0 fully saturated rings. The van der Waals surface area contributed by atoms with Crippen LogP contribution in [0, 0.1) is 0 Å². The van der Waals surface area contributed by atoms with E-state index in [1.54, 1.807) is 6.20 Å². The standard InChI is InChI=1S/C7H13N.2C2H6/c1-4-6(2)7(3)5-8;2*1-2/h4-5H,8H2,1-3H3;2*1-2H3/b6-4-,7-5-;;. The van der Waals surface area contributed by atoms with Crippen LogP contribution < -0.4 is 5.73 Å². The Hall–Kier alpha value is -0.720. The second kappa shape index (κ2) is 16.7. The summed E-state index contributed by atoms with van der Waals surface area (Å²) >= 11 is 0. The highest BCUT2D eigenvalue weighted by Crippen LogP contribution is 2.04. The van der Waals surface area contributed by atoms with Crippen LogP contribution in [0.15, 0.2) is 23.4 Å². The molecule has 0 aliphatic heterocycles. The molecular weight excluding hydrogens is 146 g/mol. The molecule has 0 aliphatic rings. The van der Waals surface area contributed by atoms with Gasteiger partial charge in [0.25, 0.3) is 0 Å². The van der Waals surface area contributed by atoms with Gasteiger partial charge in [-0.3, -0.25) is 0 Å². The summed E-state index contributed by atoms with van der Waals surface area (Å²) in [7, 11) is 0. The van der Waals surface area contributed by atoms with E-state index in [-0.39, 0.29) is 0 Å². The molecule has 1 nitrogen and oxygen atoms in total. The maximum atomic E-state index is 5.25. The lowest BCUT2D eigenvalue weighted by Gasteiger charge is -1.95. The Balaban J connectivity index is -0.000000175. The maximum absolute atomic E-state index is 5.25. The molecule has 0 aromatic carbocycles. The number of nitrogens with two attached hydrogens (primary N) is 1. The first-order valence-corrected chi connectivity index (χ1v) is 4.74. The normalized spacial score (nSPS) is 10.6. The molecule has 0 saturated heterocycles. The highest BCUT2D eigenvalue weighted by Gasteiger charge is 1.85. The van der Waals surface area contributed by atoms with Gasteiger partial charge in [-0.05, 0) is 32.5 Å². The van der Waals surface area contributed by atoms with E-state index < -0.39 is 0 Å². The van der Waals surface area contributed by atoms with Crippen molar-refractivity contribution in [1.29, 1.82) is 0 Å². The van der Waals surface area contributed by atoms with Gasteiger partial charge in [-0.25, -0.2) is 0 Å². The van der Waals surface area contributed by atoms with E-state index in [4.69, 9.17) is 5.73 Å². The Labute approximate surface area is 78.4 Å². The van der Waals surface area contributed by atoms with Gasteiger partial charge in [-0.2, -0.15) is 0 Å². The van der Waals surface area contributed by atoms with Gasteiger partial charge in [0, 0.05) is 0 Å². The SMILES string of the molecule is C/C=C(C)\C(C)=C/N.CC.CC. The lowest BCUT2D eigenvalue weighted by molar-refractivity contribution is 1.30. The number of hydrogen-bond acceptors (Lipinski definition) is 1. The Morgan fingerprint density at radius 3 is 1.33 bits per heavy atom. The summed E-state index contributed by atoms with van der Waals surface area (Å²) in [6.45, 7) is 14.0. The molecule has 2 N–H and O–H groups in total. The Morgan fingerprint density at radius 1 is 0.917 bits per heavy atom. The third-order valence-electron chi connectivity index (χ3n) is 1.31. The molecule has 0 saturated carbocycles. The second-order valence-electron chi connectivity index (χ2n) is 1.82. The van der Waals surface area contributed by atoms with Crippen LogP contribution in [0.3, 0.4) is 0 Å². The van der Waals surface area contributed by atoms with Crippen molar-refractivity contribution in [2.45, 2.75) is 48.5 Å². The lowest BCUT2D eigenvalue weighted by atomic mass is 10.1. The van der Waals surface area contributed by atoms with E-state index in [1.165, 1.54) is 5.57 Å². The minimum Gasteiger partial charge on any atom is -0.404 e. The minimum absolute atomic E-state index is 1.15. The van der Waals surface area contributed by atoms with E-state index in [1.807, 2.05) is 54.5 Å². The lowest BCUT2D eigenvalue weighted by Crippen LogP contribution is -1.84. The molecule has 0 heterocycles. The fraction of sp³-hybridized carbons (Fsp3) is 0.636. The van der Waals surface area contributed by atoms with Crippen molar-refractivity contribution in [2.24, 2.45) is 5.73 Å². The molecule has 0 amide bonds. The fourth-order valence-corrected chi connectivity index (χ4v) is 0.359. The highest BCUT2D eigenvalue weighted by molar-refractivity contribution is 5.24. The van der Waals surface area contributed by atoms with Gasteiger partial charge in [0.2, 0.25) is 0 Å². The van der Waals surface area contributed by atoms with Crippen LogP contribution in [0.25, 0.3) is 0 Å². The molecule has 0 rings (SSSR count). The zero-order valence-electron chi connectivity index (χ0n) is 9.73. The van der Waals surface area contributed by atoms with Crippen molar-refractivity contribution in [3.63, 3.8) is 0 Å². The molecule has 12 heavy (non-hydrogen) atoms. The van der Waals surface area contributed by atoms with Gasteiger partial charge < -0.3 is 5.73 Å². The van der Waals surface area contributed by atoms with Crippen LogP contribution in [0.5, 0.6) is 0 Å². The van der Waals surface area contributed by atoms with Crippen molar-refractivity contribution in [2.75, 3.05) is 0 Å². The molecule has 0 spiro atoms. The summed E-state index contributed by atoms with van der Waals surface area (Å²) in [5.41, 5.74) is 7.63. The molecule has 0 unspecified atom stereocenters. The summed E-state index contributed by atoms with van der Waals surface area (Å²) in [5, 5.41) is 0. The van der Waals surface area contributed by atoms with Gasteiger partial charge in [0.1, 0.15) is 0 Å². The van der Waals surface area contributed by atoms with Crippen molar-refractivity contribution in [3.05, 3.63) is 23.4 Å². The molecule has 0 aliphatic carbocycles. The van der Waals surface area contributed by atoms with Crippen LogP contribution in [0.1, 0.15) is 48.5 Å². The van der Waals surface area contributed by atoms with Crippen molar-refractivity contribution < 1.29 is 0 Å². The fourth-order valence-electron chi connectivity index (χ4n) is 0.359. The van der Waals surface area contributed by atoms with E-state index in [2.05, 4.69) is 0 Å². The predicted molar refractivity (Wildman–Crippen MR) is 60.1 cm³/mol. The molecule has 0 aromatic heterocycles. The first-order valence-electron chi connectivity index (χ1n) is 4.74. The average molecular weight is 171 g/mol. The van der Waals surface area contributed by atoms with Crippen molar-refractivity contribution in [1.82, 2.24) is 0 Å². The molecule has 0 radical (unpaired) electrons. The molecule has 74 valence electrons. The highest BCUT2D eigenvalue weighted by atomic mass is 14.5. The van der Waals surface area contributed by atoms with Gasteiger partial charge in [-0.15, -0.1) is 0 Å². The minimum atomic E-state index is 1.15. The molecule has 1 heteroatoms. The van der Waals surface area contributed by atoms with E-state index in [0.717, 1.165) is 5.57 Å². The summed E-state index contributed by atoms with van der Waals surface area (Å²) in [4.78, 5) is 0. The zero-order valence-corrected chi connectivity index (χ0v) is 9.73. The topological polar surface area (TPSA) is 26.0 Å². The van der Waals surface area contributed by atoms with Gasteiger partial charge in [-0.1, -0.05) is 39.3 Å². The number of allylic oxidation sites excluding steroid dienone is 3. The summed E-state index contributed by atoms with van der Waals surface area (Å²) in [5.74, 6) is 0. The maximum Gasteiger partial charge on any atom is -0.00300 e. The van der Waals surface area contributed by atoms with Gasteiger partial charge in [0.05, 0.1) is 0 Å². The summed E-state index contributed by atoms with van der Waals surface area (Å²) in [6.07, 6.45) is 3.66. The Bertz CT molecular complexity index is 105. The predicted octanol–water partition coefficient (Wildman–Crippen LogP) is 3.87. The smallest absolute Gasteiger partial charge is 0.00300 e. The zero-order chi connectivity index (χ0) is 10.6. The second-order valence-corrected chi connectivity index (χ2v) is 1.82. The summed E-state index contributed by atoms with van der Waals surface area (Å²) in [6, 6.07) is 0. The molecular formula is C11H25N.